The van der Waals surface area contributed by atoms with Crippen LogP contribution in [0.1, 0.15) is 42.6 Å². The van der Waals surface area contributed by atoms with E-state index < -0.39 is 11.6 Å². The van der Waals surface area contributed by atoms with E-state index in [9.17, 15) is 4.79 Å². The Hall–Kier alpha value is -1.36. The summed E-state index contributed by atoms with van der Waals surface area (Å²) in [5.41, 5.74) is -0.515. The topological polar surface area (TPSA) is 72.6 Å². The predicted molar refractivity (Wildman–Crippen MR) is 50.6 cm³/mol. The van der Waals surface area contributed by atoms with Gasteiger partial charge in [-0.2, -0.15) is 0 Å². The molecular formula is C10H13NO4. The quantitative estimate of drug-likeness (QED) is 0.807. The molecule has 1 unspecified atom stereocenters. The summed E-state index contributed by atoms with van der Waals surface area (Å²) in [5.74, 6) is -0.930. The summed E-state index contributed by atoms with van der Waals surface area (Å²) in [7, 11) is 0. The van der Waals surface area contributed by atoms with Gasteiger partial charge in [-0.3, -0.25) is 0 Å². The van der Waals surface area contributed by atoms with Gasteiger partial charge in [-0.05, 0) is 26.2 Å². The van der Waals surface area contributed by atoms with Gasteiger partial charge in [0.25, 0.3) is 0 Å². The number of oxazole rings is 1. The molecule has 1 aromatic rings. The minimum absolute atomic E-state index is 0.277. The average molecular weight is 211 g/mol. The third-order valence-electron chi connectivity index (χ3n) is 2.68. The van der Waals surface area contributed by atoms with Crippen molar-refractivity contribution < 1.29 is 19.1 Å². The molecule has 5 nitrogen and oxygen atoms in total. The van der Waals surface area contributed by atoms with E-state index in [-0.39, 0.29) is 5.89 Å². The van der Waals surface area contributed by atoms with Gasteiger partial charge in [-0.25, -0.2) is 9.78 Å². The van der Waals surface area contributed by atoms with Gasteiger partial charge in [0.2, 0.25) is 0 Å². The van der Waals surface area contributed by atoms with E-state index in [1.807, 2.05) is 6.92 Å². The Bertz CT molecular complexity index is 365. The van der Waals surface area contributed by atoms with Crippen LogP contribution in [-0.2, 0) is 10.3 Å². The molecule has 1 fully saturated rings. The molecule has 0 aliphatic carbocycles. The maximum atomic E-state index is 10.6. The molecule has 2 heterocycles. The number of hydrogen-bond donors (Lipinski definition) is 1. The second-order valence-corrected chi connectivity index (χ2v) is 3.87. The SMILES string of the molecule is CC1(c2cnc(C(=O)O)o2)CCCCO1. The van der Waals surface area contributed by atoms with E-state index >= 15 is 0 Å². The number of carboxylic acids is 1. The van der Waals surface area contributed by atoms with E-state index in [1.165, 1.54) is 6.20 Å². The summed E-state index contributed by atoms with van der Waals surface area (Å²) in [4.78, 5) is 14.3. The van der Waals surface area contributed by atoms with Gasteiger partial charge in [0, 0.05) is 6.61 Å². The van der Waals surface area contributed by atoms with Crippen LogP contribution in [0.3, 0.4) is 0 Å². The molecule has 0 amide bonds. The molecule has 1 saturated heterocycles. The second-order valence-electron chi connectivity index (χ2n) is 3.87. The van der Waals surface area contributed by atoms with Crippen molar-refractivity contribution in [2.24, 2.45) is 0 Å². The van der Waals surface area contributed by atoms with Crippen LogP contribution in [0.2, 0.25) is 0 Å². The minimum Gasteiger partial charge on any atom is -0.474 e. The Balaban J connectivity index is 2.23. The van der Waals surface area contributed by atoms with E-state index in [0.29, 0.717) is 12.4 Å². The Labute approximate surface area is 87.1 Å². The molecule has 2 rings (SSSR count). The Kier molecular flexibility index (Phi) is 2.48. The zero-order chi connectivity index (χ0) is 10.9. The first-order valence-corrected chi connectivity index (χ1v) is 4.95. The van der Waals surface area contributed by atoms with Crippen LogP contribution >= 0.6 is 0 Å². The summed E-state index contributed by atoms with van der Waals surface area (Å²) >= 11 is 0. The van der Waals surface area contributed by atoms with Crippen molar-refractivity contribution in [1.29, 1.82) is 0 Å². The van der Waals surface area contributed by atoms with Gasteiger partial charge in [-0.1, -0.05) is 0 Å². The Morgan fingerprint density at radius 2 is 2.40 bits per heavy atom. The fourth-order valence-electron chi connectivity index (χ4n) is 1.75. The second kappa shape index (κ2) is 3.66. The molecule has 1 aliphatic heterocycles. The molecular weight excluding hydrogens is 198 g/mol. The van der Waals surface area contributed by atoms with Gasteiger partial charge >= 0.3 is 11.9 Å². The zero-order valence-corrected chi connectivity index (χ0v) is 8.52. The van der Waals surface area contributed by atoms with Gasteiger partial charge in [0.1, 0.15) is 5.60 Å². The smallest absolute Gasteiger partial charge is 0.392 e. The van der Waals surface area contributed by atoms with Gasteiger partial charge in [0.15, 0.2) is 5.76 Å². The number of nitrogens with zero attached hydrogens (tertiary/aromatic N) is 1. The lowest BCUT2D eigenvalue weighted by Crippen LogP contribution is -2.29. The summed E-state index contributed by atoms with van der Waals surface area (Å²) in [6, 6.07) is 0. The average Bonchev–Trinajstić information content (AvgIpc) is 2.68. The highest BCUT2D eigenvalue weighted by Gasteiger charge is 2.34. The Morgan fingerprint density at radius 1 is 1.60 bits per heavy atom. The molecule has 15 heavy (non-hydrogen) atoms. The normalized spacial score (nSPS) is 26.5. The molecule has 5 heteroatoms. The first kappa shape index (κ1) is 10.2. The van der Waals surface area contributed by atoms with Crippen molar-refractivity contribution in [2.75, 3.05) is 6.61 Å². The van der Waals surface area contributed by atoms with Crippen LogP contribution < -0.4 is 0 Å². The van der Waals surface area contributed by atoms with Crippen molar-refractivity contribution in [2.45, 2.75) is 31.8 Å². The van der Waals surface area contributed by atoms with Crippen molar-refractivity contribution in [3.05, 3.63) is 17.8 Å². The standard InChI is InChI=1S/C10H13NO4/c1-10(4-2-3-5-14-10)7-6-11-8(15-7)9(12)13/h6H,2-5H2,1H3,(H,12,13). The zero-order valence-electron chi connectivity index (χ0n) is 8.52. The number of carbonyl (C=O) groups is 1. The van der Waals surface area contributed by atoms with E-state index in [0.717, 1.165) is 19.3 Å². The maximum absolute atomic E-state index is 10.6. The lowest BCUT2D eigenvalue weighted by atomic mass is 9.94. The first-order valence-electron chi connectivity index (χ1n) is 4.95. The molecule has 1 aliphatic rings. The molecule has 0 aromatic carbocycles. The molecule has 1 aromatic heterocycles. The third kappa shape index (κ3) is 1.87. The van der Waals surface area contributed by atoms with Crippen molar-refractivity contribution in [3.63, 3.8) is 0 Å². The summed E-state index contributed by atoms with van der Waals surface area (Å²) in [6.45, 7) is 2.58. The van der Waals surface area contributed by atoms with Gasteiger partial charge < -0.3 is 14.3 Å². The van der Waals surface area contributed by atoms with E-state index in [4.69, 9.17) is 14.3 Å². The fraction of sp³-hybridized carbons (Fsp3) is 0.600. The predicted octanol–water partition coefficient (Wildman–Crippen LogP) is 1.79. The van der Waals surface area contributed by atoms with Crippen LogP contribution in [0.4, 0.5) is 0 Å². The summed E-state index contributed by atoms with van der Waals surface area (Å²) < 4.78 is 10.8. The number of ether oxygens (including phenoxy) is 1. The third-order valence-corrected chi connectivity index (χ3v) is 2.68. The highest BCUT2D eigenvalue weighted by Crippen LogP contribution is 2.34. The van der Waals surface area contributed by atoms with E-state index in [2.05, 4.69) is 4.98 Å². The summed E-state index contributed by atoms with van der Waals surface area (Å²) in [6.07, 6.45) is 4.37. The van der Waals surface area contributed by atoms with Crippen molar-refractivity contribution in [3.8, 4) is 0 Å². The first-order chi connectivity index (χ1) is 7.12. The van der Waals surface area contributed by atoms with Crippen LogP contribution in [0.15, 0.2) is 10.6 Å². The molecule has 1 atom stereocenters. The highest BCUT2D eigenvalue weighted by molar-refractivity contribution is 5.82. The summed E-state index contributed by atoms with van der Waals surface area (Å²) in [5, 5.41) is 8.68. The molecule has 0 spiro atoms. The lowest BCUT2D eigenvalue weighted by Gasteiger charge is -2.31. The number of aromatic nitrogens is 1. The number of aromatic carboxylic acids is 1. The molecule has 0 bridgehead atoms. The number of rotatable bonds is 2. The molecule has 0 saturated carbocycles. The van der Waals surface area contributed by atoms with Gasteiger partial charge in [-0.15, -0.1) is 0 Å². The van der Waals surface area contributed by atoms with E-state index in [1.54, 1.807) is 0 Å². The maximum Gasteiger partial charge on any atom is 0.392 e. The number of carboxylic acid groups (broad SMARTS) is 1. The lowest BCUT2D eigenvalue weighted by molar-refractivity contribution is -0.0835. The highest BCUT2D eigenvalue weighted by atomic mass is 16.5. The minimum atomic E-state index is -1.15. The van der Waals surface area contributed by atoms with Crippen LogP contribution in [-0.4, -0.2) is 22.7 Å². The number of hydrogen-bond acceptors (Lipinski definition) is 4. The molecule has 0 radical (unpaired) electrons. The molecule has 82 valence electrons. The van der Waals surface area contributed by atoms with Gasteiger partial charge in [0.05, 0.1) is 6.20 Å². The van der Waals surface area contributed by atoms with Crippen LogP contribution in [0.25, 0.3) is 0 Å². The van der Waals surface area contributed by atoms with Crippen LogP contribution in [0.5, 0.6) is 0 Å². The van der Waals surface area contributed by atoms with Crippen LogP contribution in [0, 0.1) is 0 Å². The monoisotopic (exact) mass is 211 g/mol. The van der Waals surface area contributed by atoms with Crippen molar-refractivity contribution in [1.82, 2.24) is 4.98 Å². The largest absolute Gasteiger partial charge is 0.474 e. The fourth-order valence-corrected chi connectivity index (χ4v) is 1.75. The Morgan fingerprint density at radius 3 is 2.93 bits per heavy atom. The molecule has 1 N–H and O–H groups in total. The van der Waals surface area contributed by atoms with Crippen molar-refractivity contribution >= 4 is 5.97 Å².